The van der Waals surface area contributed by atoms with Crippen molar-refractivity contribution in [1.82, 2.24) is 0 Å². The highest BCUT2D eigenvalue weighted by molar-refractivity contribution is 5.81. The van der Waals surface area contributed by atoms with Crippen LogP contribution in [0.3, 0.4) is 0 Å². The standard InChI is InChI=1S/C5H8N4/c1-4(2)7-5(3)8-9-6/h1H2,2-3H3/b7-5+. The molecule has 0 aromatic rings. The van der Waals surface area contributed by atoms with Crippen molar-refractivity contribution in [3.05, 3.63) is 22.7 Å². The molecule has 0 heterocycles. The molecule has 0 fully saturated rings. The fraction of sp³-hybridized carbons (Fsp3) is 0.400. The minimum absolute atomic E-state index is 0.394. The number of hydrogen-bond donors (Lipinski definition) is 0. The predicted octanol–water partition coefficient (Wildman–Crippen LogP) is 2.25. The van der Waals surface area contributed by atoms with Crippen LogP contribution in [0.4, 0.5) is 0 Å². The van der Waals surface area contributed by atoms with Gasteiger partial charge in [-0.1, -0.05) is 6.58 Å². The molecule has 0 spiro atoms. The number of amidine groups is 1. The summed E-state index contributed by atoms with van der Waals surface area (Å²) in [6.07, 6.45) is 0. The third-order valence-electron chi connectivity index (χ3n) is 0.542. The molecule has 0 saturated heterocycles. The van der Waals surface area contributed by atoms with Crippen molar-refractivity contribution in [3.8, 4) is 0 Å². The Labute approximate surface area is 53.5 Å². The molecular formula is C5H8N4. The van der Waals surface area contributed by atoms with E-state index in [1.807, 2.05) is 0 Å². The third-order valence-corrected chi connectivity index (χ3v) is 0.542. The summed E-state index contributed by atoms with van der Waals surface area (Å²) in [5.41, 5.74) is 8.54. The zero-order valence-corrected chi connectivity index (χ0v) is 5.50. The summed E-state index contributed by atoms with van der Waals surface area (Å²) in [6.45, 7) is 6.86. The average Bonchev–Trinajstić information content (AvgIpc) is 1.63. The van der Waals surface area contributed by atoms with Crippen molar-refractivity contribution in [2.45, 2.75) is 13.8 Å². The second kappa shape index (κ2) is 3.69. The fourth-order valence-corrected chi connectivity index (χ4v) is 0.363. The normalized spacial score (nSPS) is 10.2. The highest BCUT2D eigenvalue weighted by Gasteiger charge is 1.81. The van der Waals surface area contributed by atoms with Gasteiger partial charge in [-0.15, -0.1) is 0 Å². The molecule has 0 saturated carbocycles. The van der Waals surface area contributed by atoms with E-state index in [-0.39, 0.29) is 0 Å². The molecule has 4 heteroatoms. The maximum atomic E-state index is 7.90. The smallest absolute Gasteiger partial charge is 0.101 e. The van der Waals surface area contributed by atoms with Gasteiger partial charge in [0, 0.05) is 10.6 Å². The Morgan fingerprint density at radius 2 is 2.11 bits per heavy atom. The first-order valence-corrected chi connectivity index (χ1v) is 2.42. The molecule has 0 aliphatic carbocycles. The summed E-state index contributed by atoms with van der Waals surface area (Å²) in [5, 5.41) is 3.23. The van der Waals surface area contributed by atoms with Gasteiger partial charge in [0.15, 0.2) is 0 Å². The minimum atomic E-state index is 0.394. The van der Waals surface area contributed by atoms with Crippen molar-refractivity contribution in [2.75, 3.05) is 0 Å². The molecular weight excluding hydrogens is 116 g/mol. The molecule has 0 radical (unpaired) electrons. The van der Waals surface area contributed by atoms with E-state index in [0.29, 0.717) is 11.5 Å². The second-order valence-electron chi connectivity index (χ2n) is 1.58. The average molecular weight is 124 g/mol. The molecule has 9 heavy (non-hydrogen) atoms. The monoisotopic (exact) mass is 124 g/mol. The van der Waals surface area contributed by atoms with E-state index in [2.05, 4.69) is 21.6 Å². The van der Waals surface area contributed by atoms with Crippen LogP contribution in [0.1, 0.15) is 13.8 Å². The van der Waals surface area contributed by atoms with Crippen LogP contribution >= 0.6 is 0 Å². The van der Waals surface area contributed by atoms with Crippen LogP contribution in [-0.2, 0) is 0 Å². The zero-order valence-electron chi connectivity index (χ0n) is 5.50. The van der Waals surface area contributed by atoms with Crippen molar-refractivity contribution >= 4 is 5.84 Å². The molecule has 0 aliphatic rings. The molecule has 48 valence electrons. The Morgan fingerprint density at radius 1 is 1.56 bits per heavy atom. The largest absolute Gasteiger partial charge is 0.257 e. The maximum absolute atomic E-state index is 7.90. The van der Waals surface area contributed by atoms with Gasteiger partial charge < -0.3 is 0 Å². The van der Waals surface area contributed by atoms with E-state index in [1.165, 1.54) is 0 Å². The Bertz CT molecular complexity index is 185. The number of aliphatic imine (C=N–C) groups is 1. The lowest BCUT2D eigenvalue weighted by atomic mass is 10.6. The molecule has 0 rings (SSSR count). The summed E-state index contributed by atoms with van der Waals surface area (Å²) in [7, 11) is 0. The van der Waals surface area contributed by atoms with Gasteiger partial charge in [0.25, 0.3) is 0 Å². The molecule has 0 bridgehead atoms. The lowest BCUT2D eigenvalue weighted by molar-refractivity contribution is 1.29. The number of hydrogen-bond acceptors (Lipinski definition) is 1. The van der Waals surface area contributed by atoms with Crippen LogP contribution in [0.25, 0.3) is 10.4 Å². The van der Waals surface area contributed by atoms with Crippen molar-refractivity contribution in [2.24, 2.45) is 10.1 Å². The SMILES string of the molecule is C=C(C)/N=C(\C)N=[N+]=[N-]. The van der Waals surface area contributed by atoms with Gasteiger partial charge >= 0.3 is 0 Å². The van der Waals surface area contributed by atoms with Gasteiger partial charge in [-0.05, 0) is 24.5 Å². The quantitative estimate of drug-likeness (QED) is 0.169. The zero-order chi connectivity index (χ0) is 7.28. The van der Waals surface area contributed by atoms with Crippen molar-refractivity contribution in [3.63, 3.8) is 0 Å². The molecule has 0 aliphatic heterocycles. The van der Waals surface area contributed by atoms with Crippen LogP contribution < -0.4 is 0 Å². The first-order valence-electron chi connectivity index (χ1n) is 2.42. The molecule has 0 aromatic carbocycles. The summed E-state index contributed by atoms with van der Waals surface area (Å²) in [4.78, 5) is 6.31. The molecule has 4 nitrogen and oxygen atoms in total. The molecule has 0 unspecified atom stereocenters. The van der Waals surface area contributed by atoms with Gasteiger partial charge in [0.2, 0.25) is 0 Å². The fourth-order valence-electron chi connectivity index (χ4n) is 0.363. The summed E-state index contributed by atoms with van der Waals surface area (Å²) in [5.74, 6) is 0.394. The van der Waals surface area contributed by atoms with Gasteiger partial charge in [0.05, 0.1) is 0 Å². The van der Waals surface area contributed by atoms with Gasteiger partial charge in [0.1, 0.15) is 5.84 Å². The van der Waals surface area contributed by atoms with Crippen LogP contribution in [-0.4, -0.2) is 5.84 Å². The molecule has 0 amide bonds. The Morgan fingerprint density at radius 3 is 2.44 bits per heavy atom. The lowest BCUT2D eigenvalue weighted by Crippen LogP contribution is -1.81. The predicted molar refractivity (Wildman–Crippen MR) is 37.1 cm³/mol. The third kappa shape index (κ3) is 4.58. The summed E-state index contributed by atoms with van der Waals surface area (Å²) < 4.78 is 0. The number of rotatable bonds is 1. The Kier molecular flexibility index (Phi) is 3.16. The molecule has 0 atom stereocenters. The van der Waals surface area contributed by atoms with Crippen LogP contribution in [0.5, 0.6) is 0 Å². The van der Waals surface area contributed by atoms with Crippen LogP contribution in [0, 0.1) is 0 Å². The number of nitrogens with zero attached hydrogens (tertiary/aromatic N) is 4. The van der Waals surface area contributed by atoms with E-state index in [4.69, 9.17) is 5.53 Å². The van der Waals surface area contributed by atoms with Gasteiger partial charge in [-0.25, -0.2) is 0 Å². The highest BCUT2D eigenvalue weighted by Crippen LogP contribution is 1.90. The van der Waals surface area contributed by atoms with Crippen LogP contribution in [0.2, 0.25) is 0 Å². The Balaban J connectivity index is 4.16. The molecule has 0 aromatic heterocycles. The number of allylic oxidation sites excluding steroid dienone is 1. The first kappa shape index (κ1) is 7.72. The van der Waals surface area contributed by atoms with E-state index in [0.717, 1.165) is 0 Å². The lowest BCUT2D eigenvalue weighted by Gasteiger charge is -1.86. The second-order valence-corrected chi connectivity index (χ2v) is 1.58. The van der Waals surface area contributed by atoms with E-state index in [9.17, 15) is 0 Å². The van der Waals surface area contributed by atoms with E-state index >= 15 is 0 Å². The summed E-state index contributed by atoms with van der Waals surface area (Å²) >= 11 is 0. The maximum Gasteiger partial charge on any atom is 0.101 e. The van der Waals surface area contributed by atoms with Crippen molar-refractivity contribution in [1.29, 1.82) is 0 Å². The van der Waals surface area contributed by atoms with Crippen molar-refractivity contribution < 1.29 is 0 Å². The Hall–Kier alpha value is -1.28. The first-order chi connectivity index (χ1) is 4.16. The van der Waals surface area contributed by atoms with Crippen LogP contribution in [0.15, 0.2) is 22.4 Å². The summed E-state index contributed by atoms with van der Waals surface area (Å²) in [6, 6.07) is 0. The van der Waals surface area contributed by atoms with Gasteiger partial charge in [-0.2, -0.15) is 0 Å². The van der Waals surface area contributed by atoms with Gasteiger partial charge in [-0.3, -0.25) is 4.99 Å². The number of azide groups is 1. The molecule has 0 N–H and O–H groups in total. The van der Waals surface area contributed by atoms with E-state index in [1.54, 1.807) is 13.8 Å². The highest BCUT2D eigenvalue weighted by atomic mass is 15.2. The van der Waals surface area contributed by atoms with E-state index < -0.39 is 0 Å². The topological polar surface area (TPSA) is 61.1 Å². The minimum Gasteiger partial charge on any atom is -0.257 e.